The highest BCUT2D eigenvalue weighted by Gasteiger charge is 2.20. The zero-order valence-corrected chi connectivity index (χ0v) is 8.12. The van der Waals surface area contributed by atoms with Gasteiger partial charge in [0.2, 0.25) is 0 Å². The molecule has 1 unspecified atom stereocenters. The van der Waals surface area contributed by atoms with Gasteiger partial charge in [0, 0.05) is 6.04 Å². The Hall–Kier alpha value is -1.35. The zero-order chi connectivity index (χ0) is 10.1. The molecule has 3 heteroatoms. The zero-order valence-electron chi connectivity index (χ0n) is 8.12. The molecule has 1 aromatic carbocycles. The van der Waals surface area contributed by atoms with Gasteiger partial charge in [-0.15, -0.1) is 0 Å². The molecule has 0 aliphatic heterocycles. The number of hydrogen-bond donors (Lipinski definition) is 1. The molecule has 0 heterocycles. The molecule has 0 amide bonds. The molecule has 74 valence electrons. The Bertz CT molecular complexity index is 374. The number of nitrogens with two attached hydrogens (primary N) is 1. The van der Waals surface area contributed by atoms with Crippen LogP contribution in [0.1, 0.15) is 33.9 Å². The summed E-state index contributed by atoms with van der Waals surface area (Å²) >= 11 is 0. The Morgan fingerprint density at radius 3 is 3.07 bits per heavy atom. The first kappa shape index (κ1) is 9.21. The number of hydrogen-bond acceptors (Lipinski definition) is 3. The van der Waals surface area contributed by atoms with E-state index < -0.39 is 0 Å². The summed E-state index contributed by atoms with van der Waals surface area (Å²) in [5.41, 5.74) is 8.85. The van der Waals surface area contributed by atoms with Crippen LogP contribution in [0.2, 0.25) is 0 Å². The predicted octanol–water partition coefficient (Wildman–Crippen LogP) is 1.42. The van der Waals surface area contributed by atoms with E-state index in [1.807, 2.05) is 12.1 Å². The van der Waals surface area contributed by atoms with Crippen LogP contribution in [0.4, 0.5) is 0 Å². The van der Waals surface area contributed by atoms with Gasteiger partial charge in [-0.3, -0.25) is 0 Å². The minimum Gasteiger partial charge on any atom is -0.465 e. The number of benzene rings is 1. The number of carbonyl (C=O) groups excluding carboxylic acids is 1. The van der Waals surface area contributed by atoms with Crippen molar-refractivity contribution in [1.82, 2.24) is 0 Å². The third kappa shape index (κ3) is 1.40. The van der Waals surface area contributed by atoms with Gasteiger partial charge in [-0.1, -0.05) is 6.07 Å². The van der Waals surface area contributed by atoms with Crippen molar-refractivity contribution in [2.75, 3.05) is 7.11 Å². The second-order valence-corrected chi connectivity index (χ2v) is 3.55. The minimum absolute atomic E-state index is 0.136. The molecule has 2 N–H and O–H groups in total. The van der Waals surface area contributed by atoms with E-state index >= 15 is 0 Å². The van der Waals surface area contributed by atoms with Crippen LogP contribution in [0.3, 0.4) is 0 Å². The van der Waals surface area contributed by atoms with Gasteiger partial charge in [0.1, 0.15) is 0 Å². The van der Waals surface area contributed by atoms with Crippen molar-refractivity contribution in [2.24, 2.45) is 5.73 Å². The fourth-order valence-corrected chi connectivity index (χ4v) is 1.90. The highest BCUT2D eigenvalue weighted by molar-refractivity contribution is 5.89. The first-order valence-corrected chi connectivity index (χ1v) is 4.69. The van der Waals surface area contributed by atoms with Gasteiger partial charge in [-0.25, -0.2) is 4.79 Å². The summed E-state index contributed by atoms with van der Waals surface area (Å²) in [7, 11) is 1.39. The van der Waals surface area contributed by atoms with E-state index in [1.165, 1.54) is 12.7 Å². The Labute approximate surface area is 82.9 Å². The number of esters is 1. The molecule has 1 atom stereocenters. The Morgan fingerprint density at radius 2 is 2.36 bits per heavy atom. The summed E-state index contributed by atoms with van der Waals surface area (Å²) in [6, 6.07) is 5.72. The van der Waals surface area contributed by atoms with Gasteiger partial charge < -0.3 is 10.5 Å². The summed E-state index contributed by atoms with van der Waals surface area (Å²) in [5, 5.41) is 0. The number of ether oxygens (including phenoxy) is 1. The van der Waals surface area contributed by atoms with Crippen LogP contribution in [0.25, 0.3) is 0 Å². The van der Waals surface area contributed by atoms with Gasteiger partial charge >= 0.3 is 5.97 Å². The maximum absolute atomic E-state index is 11.2. The van der Waals surface area contributed by atoms with E-state index in [0.717, 1.165) is 18.4 Å². The minimum atomic E-state index is -0.284. The molecular weight excluding hydrogens is 178 g/mol. The van der Waals surface area contributed by atoms with Crippen LogP contribution >= 0.6 is 0 Å². The average molecular weight is 191 g/mol. The van der Waals surface area contributed by atoms with E-state index in [4.69, 9.17) is 5.73 Å². The molecule has 0 aromatic heterocycles. The fourth-order valence-electron chi connectivity index (χ4n) is 1.90. The summed E-state index contributed by atoms with van der Waals surface area (Å²) in [5.74, 6) is -0.284. The number of fused-ring (bicyclic) bond motifs is 1. The van der Waals surface area contributed by atoms with Crippen molar-refractivity contribution in [3.63, 3.8) is 0 Å². The Balaban J connectivity index is 2.37. The lowest BCUT2D eigenvalue weighted by atomic mass is 10.1. The lowest BCUT2D eigenvalue weighted by Gasteiger charge is -2.05. The number of carbonyl (C=O) groups is 1. The number of aryl methyl sites for hydroxylation is 1. The van der Waals surface area contributed by atoms with Crippen molar-refractivity contribution in [1.29, 1.82) is 0 Å². The average Bonchev–Trinajstić information content (AvgIpc) is 2.59. The van der Waals surface area contributed by atoms with E-state index in [1.54, 1.807) is 6.07 Å². The normalized spacial score (nSPS) is 19.1. The maximum atomic E-state index is 11.2. The third-order valence-corrected chi connectivity index (χ3v) is 2.69. The molecule has 0 spiro atoms. The highest BCUT2D eigenvalue weighted by atomic mass is 16.5. The summed E-state index contributed by atoms with van der Waals surface area (Å²) in [6.07, 6.45) is 1.93. The Morgan fingerprint density at radius 1 is 1.57 bits per heavy atom. The van der Waals surface area contributed by atoms with Gasteiger partial charge in [-0.2, -0.15) is 0 Å². The van der Waals surface area contributed by atoms with Gasteiger partial charge in [-0.05, 0) is 36.1 Å². The van der Waals surface area contributed by atoms with Crippen molar-refractivity contribution >= 4 is 5.97 Å². The monoisotopic (exact) mass is 191 g/mol. The van der Waals surface area contributed by atoms with Crippen molar-refractivity contribution in [3.05, 3.63) is 34.9 Å². The predicted molar refractivity (Wildman–Crippen MR) is 53.0 cm³/mol. The molecule has 0 bridgehead atoms. The quantitative estimate of drug-likeness (QED) is 0.683. The number of methoxy groups -OCH3 is 1. The second-order valence-electron chi connectivity index (χ2n) is 3.55. The fraction of sp³-hybridized carbons (Fsp3) is 0.364. The van der Waals surface area contributed by atoms with Gasteiger partial charge in [0.25, 0.3) is 0 Å². The third-order valence-electron chi connectivity index (χ3n) is 2.69. The largest absolute Gasteiger partial charge is 0.465 e. The topological polar surface area (TPSA) is 52.3 Å². The molecule has 0 saturated heterocycles. The molecule has 14 heavy (non-hydrogen) atoms. The standard InChI is InChI=1S/C11H13NO2/c1-14-11(13)8-2-4-9-7(6-8)3-5-10(9)12/h2,4,6,10H,3,5,12H2,1H3. The molecule has 0 saturated carbocycles. The molecule has 0 fully saturated rings. The molecule has 3 nitrogen and oxygen atoms in total. The summed E-state index contributed by atoms with van der Waals surface area (Å²) in [6.45, 7) is 0. The van der Waals surface area contributed by atoms with Crippen LogP contribution in [-0.4, -0.2) is 13.1 Å². The van der Waals surface area contributed by atoms with Gasteiger partial charge in [0.05, 0.1) is 12.7 Å². The van der Waals surface area contributed by atoms with Gasteiger partial charge in [0.15, 0.2) is 0 Å². The first-order valence-electron chi connectivity index (χ1n) is 4.69. The smallest absolute Gasteiger partial charge is 0.337 e. The van der Waals surface area contributed by atoms with Crippen LogP contribution in [0.15, 0.2) is 18.2 Å². The van der Waals surface area contributed by atoms with Crippen molar-refractivity contribution in [2.45, 2.75) is 18.9 Å². The van der Waals surface area contributed by atoms with E-state index in [-0.39, 0.29) is 12.0 Å². The molecule has 1 aromatic rings. The summed E-state index contributed by atoms with van der Waals surface area (Å²) in [4.78, 5) is 11.2. The van der Waals surface area contributed by atoms with Crippen molar-refractivity contribution in [3.8, 4) is 0 Å². The van der Waals surface area contributed by atoms with Crippen molar-refractivity contribution < 1.29 is 9.53 Å². The van der Waals surface area contributed by atoms with Crippen LogP contribution in [-0.2, 0) is 11.2 Å². The van der Waals surface area contributed by atoms with Crippen LogP contribution in [0.5, 0.6) is 0 Å². The first-order chi connectivity index (χ1) is 6.72. The maximum Gasteiger partial charge on any atom is 0.337 e. The van der Waals surface area contributed by atoms with E-state index in [0.29, 0.717) is 5.56 Å². The SMILES string of the molecule is COC(=O)c1ccc2c(c1)CCC2N. The lowest BCUT2D eigenvalue weighted by molar-refractivity contribution is 0.0600. The van der Waals surface area contributed by atoms with Crippen LogP contribution in [0, 0.1) is 0 Å². The van der Waals surface area contributed by atoms with E-state index in [2.05, 4.69) is 4.74 Å². The summed E-state index contributed by atoms with van der Waals surface area (Å²) < 4.78 is 4.65. The second kappa shape index (κ2) is 3.42. The van der Waals surface area contributed by atoms with Crippen LogP contribution < -0.4 is 5.73 Å². The molecule has 1 aliphatic rings. The van der Waals surface area contributed by atoms with E-state index in [9.17, 15) is 4.79 Å². The number of rotatable bonds is 1. The highest BCUT2D eigenvalue weighted by Crippen LogP contribution is 2.29. The molecular formula is C11H13NO2. The Kier molecular flexibility index (Phi) is 2.25. The molecule has 1 aliphatic carbocycles. The molecule has 2 rings (SSSR count). The lowest BCUT2D eigenvalue weighted by Crippen LogP contribution is -2.06. The molecule has 0 radical (unpaired) electrons.